The van der Waals surface area contributed by atoms with Crippen molar-refractivity contribution in [2.45, 2.75) is 0 Å². The van der Waals surface area contributed by atoms with E-state index in [1.165, 1.54) is 0 Å². The highest BCUT2D eigenvalue weighted by Crippen LogP contribution is 2.23. The monoisotopic (exact) mass is 343 g/mol. The minimum atomic E-state index is 0.0354. The van der Waals surface area contributed by atoms with E-state index in [-0.39, 0.29) is 11.7 Å². The normalized spacial score (nSPS) is 11.5. The number of aromatic amines is 1. The topological polar surface area (TPSA) is 129 Å². The fourth-order valence-corrected chi connectivity index (χ4v) is 2.89. The van der Waals surface area contributed by atoms with Gasteiger partial charge in [0.15, 0.2) is 0 Å². The summed E-state index contributed by atoms with van der Waals surface area (Å²) in [6, 6.07) is 15.0. The van der Waals surface area contributed by atoms with Crippen molar-refractivity contribution in [3.63, 3.8) is 0 Å². The number of nitrogen functional groups attached to an aromatic ring is 2. The third-order valence-corrected chi connectivity index (χ3v) is 4.23. The molecule has 0 radical (unpaired) electrons. The molecule has 0 spiro atoms. The molecular formula is C20H17N5O. The predicted molar refractivity (Wildman–Crippen MR) is 105 cm³/mol. The number of H-pyrrole nitrogens is 1. The van der Waals surface area contributed by atoms with Crippen LogP contribution >= 0.6 is 0 Å². The van der Waals surface area contributed by atoms with E-state index in [1.54, 1.807) is 6.07 Å². The minimum absolute atomic E-state index is 0.0354. The SMILES string of the molecule is N=C(N)c1ccc2oc(/C=C\c3cc4ccc(C(=N)N)cc4[nH]3)cc2c1. The molecule has 2 aromatic heterocycles. The maximum atomic E-state index is 7.52. The van der Waals surface area contributed by atoms with Crippen LogP contribution in [0.3, 0.4) is 0 Å². The first-order chi connectivity index (χ1) is 12.5. The average Bonchev–Trinajstić information content (AvgIpc) is 3.21. The number of furan rings is 1. The van der Waals surface area contributed by atoms with Gasteiger partial charge >= 0.3 is 0 Å². The number of aromatic nitrogens is 1. The van der Waals surface area contributed by atoms with E-state index in [0.717, 1.165) is 27.6 Å². The second-order valence-electron chi connectivity index (χ2n) is 6.09. The summed E-state index contributed by atoms with van der Waals surface area (Å²) in [7, 11) is 0. The van der Waals surface area contributed by atoms with Gasteiger partial charge in [0.1, 0.15) is 23.0 Å². The van der Waals surface area contributed by atoms with Crippen molar-refractivity contribution >= 4 is 45.7 Å². The molecule has 6 nitrogen and oxygen atoms in total. The van der Waals surface area contributed by atoms with Crippen LogP contribution in [-0.2, 0) is 0 Å². The number of benzene rings is 2. The molecule has 0 aliphatic rings. The van der Waals surface area contributed by atoms with Gasteiger partial charge in [-0.15, -0.1) is 0 Å². The van der Waals surface area contributed by atoms with Gasteiger partial charge in [-0.25, -0.2) is 0 Å². The number of nitrogens with one attached hydrogen (secondary N) is 3. The molecule has 0 amide bonds. The summed E-state index contributed by atoms with van der Waals surface area (Å²) in [4.78, 5) is 3.29. The van der Waals surface area contributed by atoms with Gasteiger partial charge in [0.05, 0.1) is 0 Å². The van der Waals surface area contributed by atoms with E-state index in [9.17, 15) is 0 Å². The molecule has 0 aliphatic carbocycles. The van der Waals surface area contributed by atoms with Gasteiger partial charge in [0.2, 0.25) is 0 Å². The molecule has 0 saturated carbocycles. The fourth-order valence-electron chi connectivity index (χ4n) is 2.89. The van der Waals surface area contributed by atoms with E-state index < -0.39 is 0 Å². The van der Waals surface area contributed by atoms with Crippen LogP contribution in [0.2, 0.25) is 0 Å². The molecular weight excluding hydrogens is 326 g/mol. The Morgan fingerprint density at radius 2 is 1.58 bits per heavy atom. The number of amidine groups is 2. The summed E-state index contributed by atoms with van der Waals surface area (Å²) in [6.07, 6.45) is 3.81. The largest absolute Gasteiger partial charge is 0.457 e. The molecule has 4 rings (SSSR count). The van der Waals surface area contributed by atoms with Crippen LogP contribution in [-0.4, -0.2) is 16.7 Å². The van der Waals surface area contributed by atoms with Crippen molar-refractivity contribution in [1.29, 1.82) is 10.8 Å². The Hall–Kier alpha value is -3.80. The second kappa shape index (κ2) is 5.93. The van der Waals surface area contributed by atoms with Crippen molar-refractivity contribution in [2.24, 2.45) is 11.5 Å². The first-order valence-electron chi connectivity index (χ1n) is 8.03. The molecule has 26 heavy (non-hydrogen) atoms. The van der Waals surface area contributed by atoms with E-state index in [4.69, 9.17) is 26.7 Å². The van der Waals surface area contributed by atoms with Gasteiger partial charge in [-0.3, -0.25) is 10.8 Å². The molecule has 0 fully saturated rings. The van der Waals surface area contributed by atoms with Gasteiger partial charge in [0.25, 0.3) is 0 Å². The Labute approximate surface area is 149 Å². The fraction of sp³-hybridized carbons (Fsp3) is 0. The zero-order chi connectivity index (χ0) is 18.3. The summed E-state index contributed by atoms with van der Waals surface area (Å²) in [5.74, 6) is 0.794. The standard InChI is InChI=1S/C20H17N5O/c21-19(22)12-3-6-18-14(7-12)9-16(26-18)5-4-15-8-11-1-2-13(20(23)24)10-17(11)25-15/h1-10,25H,(H3,21,22)(H3,23,24)/b5-4-. The Balaban J connectivity index is 1.65. The summed E-state index contributed by atoms with van der Waals surface area (Å²) in [6.45, 7) is 0. The van der Waals surface area contributed by atoms with Gasteiger partial charge in [-0.1, -0.05) is 12.1 Å². The van der Waals surface area contributed by atoms with Gasteiger partial charge < -0.3 is 20.9 Å². The highest BCUT2D eigenvalue weighted by molar-refractivity contribution is 5.99. The summed E-state index contributed by atoms with van der Waals surface area (Å²) < 4.78 is 5.79. The van der Waals surface area contributed by atoms with Crippen molar-refractivity contribution < 1.29 is 4.42 Å². The van der Waals surface area contributed by atoms with E-state index >= 15 is 0 Å². The molecule has 0 aliphatic heterocycles. The molecule has 0 unspecified atom stereocenters. The van der Waals surface area contributed by atoms with Crippen LogP contribution in [0.25, 0.3) is 34.0 Å². The van der Waals surface area contributed by atoms with Gasteiger partial charge in [-0.05, 0) is 48.6 Å². The molecule has 2 aromatic carbocycles. The molecule has 0 saturated heterocycles. The van der Waals surface area contributed by atoms with Gasteiger partial charge in [0, 0.05) is 33.1 Å². The lowest BCUT2D eigenvalue weighted by Gasteiger charge is -1.96. The Morgan fingerprint density at radius 3 is 2.35 bits per heavy atom. The number of hydrogen-bond acceptors (Lipinski definition) is 3. The molecule has 7 N–H and O–H groups in total. The number of hydrogen-bond donors (Lipinski definition) is 5. The third kappa shape index (κ3) is 2.84. The van der Waals surface area contributed by atoms with Crippen LogP contribution in [0.5, 0.6) is 0 Å². The minimum Gasteiger partial charge on any atom is -0.457 e. The lowest BCUT2D eigenvalue weighted by molar-refractivity contribution is 0.604. The van der Waals surface area contributed by atoms with Crippen LogP contribution in [0.15, 0.2) is 52.9 Å². The summed E-state index contributed by atoms with van der Waals surface area (Å²) in [5.41, 5.74) is 15.0. The van der Waals surface area contributed by atoms with E-state index in [2.05, 4.69) is 4.98 Å². The van der Waals surface area contributed by atoms with Crippen LogP contribution in [0, 0.1) is 10.8 Å². The summed E-state index contributed by atoms with van der Waals surface area (Å²) >= 11 is 0. The second-order valence-corrected chi connectivity index (χ2v) is 6.09. The van der Waals surface area contributed by atoms with Crippen LogP contribution < -0.4 is 11.5 Å². The average molecular weight is 343 g/mol. The Bertz CT molecular complexity index is 1100. The van der Waals surface area contributed by atoms with E-state index in [1.807, 2.05) is 54.6 Å². The van der Waals surface area contributed by atoms with Crippen molar-refractivity contribution in [3.8, 4) is 0 Å². The molecule has 6 heteroatoms. The number of rotatable bonds is 4. The quantitative estimate of drug-likeness (QED) is 0.286. The van der Waals surface area contributed by atoms with Gasteiger partial charge in [-0.2, -0.15) is 0 Å². The van der Waals surface area contributed by atoms with Crippen molar-refractivity contribution in [2.75, 3.05) is 0 Å². The third-order valence-electron chi connectivity index (χ3n) is 4.23. The van der Waals surface area contributed by atoms with Crippen molar-refractivity contribution in [3.05, 3.63) is 71.1 Å². The lowest BCUT2D eigenvalue weighted by Crippen LogP contribution is -2.10. The van der Waals surface area contributed by atoms with Crippen molar-refractivity contribution in [1.82, 2.24) is 4.98 Å². The predicted octanol–water partition coefficient (Wildman–Crippen LogP) is 3.65. The molecule has 4 aromatic rings. The lowest BCUT2D eigenvalue weighted by atomic mass is 10.1. The zero-order valence-electron chi connectivity index (χ0n) is 13.8. The molecule has 128 valence electrons. The summed E-state index contributed by atoms with van der Waals surface area (Å²) in [5, 5.41) is 17.0. The Morgan fingerprint density at radius 1 is 0.846 bits per heavy atom. The first-order valence-corrected chi connectivity index (χ1v) is 8.03. The maximum absolute atomic E-state index is 7.52. The molecule has 0 bridgehead atoms. The van der Waals surface area contributed by atoms with E-state index in [0.29, 0.717) is 16.9 Å². The maximum Gasteiger partial charge on any atom is 0.134 e. The number of nitrogens with two attached hydrogens (primary N) is 2. The Kier molecular flexibility index (Phi) is 3.58. The highest BCUT2D eigenvalue weighted by atomic mass is 16.3. The van der Waals surface area contributed by atoms with Crippen LogP contribution in [0.4, 0.5) is 0 Å². The number of fused-ring (bicyclic) bond motifs is 2. The van der Waals surface area contributed by atoms with Crippen LogP contribution in [0.1, 0.15) is 22.6 Å². The zero-order valence-corrected chi connectivity index (χ0v) is 13.8. The smallest absolute Gasteiger partial charge is 0.134 e. The molecule has 2 heterocycles. The first kappa shape index (κ1) is 15.7. The highest BCUT2D eigenvalue weighted by Gasteiger charge is 2.05. The molecule has 0 atom stereocenters.